The second kappa shape index (κ2) is 5.24. The molecule has 104 valence electrons. The quantitative estimate of drug-likeness (QED) is 0.746. The molecule has 0 aliphatic carbocycles. The Kier molecular flexibility index (Phi) is 3.65. The smallest absolute Gasteiger partial charge is 0.262 e. The highest BCUT2D eigenvalue weighted by molar-refractivity contribution is 6.23. The van der Waals surface area contributed by atoms with Crippen LogP contribution in [0.15, 0.2) is 36.0 Å². The molecular formula is C14H14N2O4. The molecule has 6 heteroatoms. The molecule has 0 aromatic carbocycles. The van der Waals surface area contributed by atoms with E-state index in [4.69, 9.17) is 0 Å². The first-order valence-corrected chi connectivity index (χ1v) is 6.22. The molecule has 2 rings (SSSR count). The summed E-state index contributed by atoms with van der Waals surface area (Å²) in [6.45, 7) is 5.25. The summed E-state index contributed by atoms with van der Waals surface area (Å²) < 4.78 is 0. The van der Waals surface area contributed by atoms with Crippen LogP contribution in [-0.2, 0) is 19.2 Å². The molecule has 0 saturated carbocycles. The van der Waals surface area contributed by atoms with E-state index in [9.17, 15) is 19.2 Å². The van der Waals surface area contributed by atoms with E-state index >= 15 is 0 Å². The highest BCUT2D eigenvalue weighted by Crippen LogP contribution is 2.27. The molecule has 0 aromatic rings. The molecule has 0 unspecified atom stereocenters. The molecule has 4 amide bonds. The van der Waals surface area contributed by atoms with Crippen molar-refractivity contribution in [3.8, 4) is 0 Å². The number of hydrogen-bond donors (Lipinski definition) is 1. The normalized spacial score (nSPS) is 23.9. The monoisotopic (exact) mass is 274 g/mol. The van der Waals surface area contributed by atoms with Gasteiger partial charge in [-0.2, -0.15) is 0 Å². The number of piperidine rings is 1. The third-order valence-electron chi connectivity index (χ3n) is 3.25. The molecule has 0 radical (unpaired) electrons. The van der Waals surface area contributed by atoms with E-state index in [0.717, 1.165) is 4.90 Å². The van der Waals surface area contributed by atoms with Gasteiger partial charge in [0.15, 0.2) is 0 Å². The summed E-state index contributed by atoms with van der Waals surface area (Å²) in [7, 11) is 0. The summed E-state index contributed by atoms with van der Waals surface area (Å²) in [5.41, 5.74) is 0.398. The zero-order valence-corrected chi connectivity index (χ0v) is 11.0. The van der Waals surface area contributed by atoms with E-state index in [0.29, 0.717) is 0 Å². The zero-order valence-electron chi connectivity index (χ0n) is 11.0. The summed E-state index contributed by atoms with van der Waals surface area (Å²) >= 11 is 0. The second-order valence-electron chi connectivity index (χ2n) is 4.48. The van der Waals surface area contributed by atoms with E-state index in [2.05, 4.69) is 11.9 Å². The first-order chi connectivity index (χ1) is 9.51. The largest absolute Gasteiger partial charge is 0.295 e. The maximum atomic E-state index is 12.3. The van der Waals surface area contributed by atoms with E-state index in [1.165, 1.54) is 12.2 Å². The Morgan fingerprint density at radius 2 is 1.85 bits per heavy atom. The van der Waals surface area contributed by atoms with Crippen molar-refractivity contribution in [1.29, 1.82) is 0 Å². The zero-order chi connectivity index (χ0) is 14.9. The predicted molar refractivity (Wildman–Crippen MR) is 70.1 cm³/mol. The summed E-state index contributed by atoms with van der Waals surface area (Å²) in [5, 5.41) is 2.14. The molecule has 0 bridgehead atoms. The second-order valence-corrected chi connectivity index (χ2v) is 4.48. The Hall–Kier alpha value is -2.50. The number of imide groups is 2. The van der Waals surface area contributed by atoms with Gasteiger partial charge in [-0.1, -0.05) is 24.8 Å². The summed E-state index contributed by atoms with van der Waals surface area (Å²) in [4.78, 5) is 48.4. The fraction of sp³-hybridized carbons (Fsp3) is 0.286. The average Bonchev–Trinajstić information content (AvgIpc) is 2.63. The van der Waals surface area contributed by atoms with Gasteiger partial charge in [-0.25, -0.2) is 0 Å². The van der Waals surface area contributed by atoms with Crippen molar-refractivity contribution in [2.75, 3.05) is 0 Å². The van der Waals surface area contributed by atoms with Crippen LogP contribution in [0.25, 0.3) is 0 Å². The van der Waals surface area contributed by atoms with Crippen LogP contribution >= 0.6 is 0 Å². The van der Waals surface area contributed by atoms with Gasteiger partial charge in [0.05, 0.1) is 11.1 Å². The third kappa shape index (κ3) is 2.09. The van der Waals surface area contributed by atoms with Gasteiger partial charge in [-0.15, -0.1) is 0 Å². The van der Waals surface area contributed by atoms with Crippen LogP contribution in [0.4, 0.5) is 0 Å². The minimum Gasteiger partial charge on any atom is -0.295 e. The van der Waals surface area contributed by atoms with E-state index in [1.54, 1.807) is 13.0 Å². The molecule has 0 spiro atoms. The molecule has 20 heavy (non-hydrogen) atoms. The van der Waals surface area contributed by atoms with Crippen molar-refractivity contribution in [3.63, 3.8) is 0 Å². The van der Waals surface area contributed by atoms with Crippen molar-refractivity contribution < 1.29 is 19.2 Å². The molecule has 1 atom stereocenters. The van der Waals surface area contributed by atoms with Gasteiger partial charge in [0.25, 0.3) is 11.8 Å². The van der Waals surface area contributed by atoms with Crippen molar-refractivity contribution in [3.05, 3.63) is 36.0 Å². The van der Waals surface area contributed by atoms with Crippen LogP contribution in [0.1, 0.15) is 19.8 Å². The first kappa shape index (κ1) is 13.9. The van der Waals surface area contributed by atoms with Gasteiger partial charge in [0, 0.05) is 6.42 Å². The number of hydrogen-bond acceptors (Lipinski definition) is 4. The van der Waals surface area contributed by atoms with Crippen molar-refractivity contribution in [2.24, 2.45) is 0 Å². The van der Waals surface area contributed by atoms with Crippen molar-refractivity contribution in [1.82, 2.24) is 10.2 Å². The lowest BCUT2D eigenvalue weighted by molar-refractivity contribution is -0.149. The fourth-order valence-electron chi connectivity index (χ4n) is 2.32. The summed E-state index contributed by atoms with van der Waals surface area (Å²) in [6.07, 6.45) is 4.72. The number of amides is 4. The van der Waals surface area contributed by atoms with Gasteiger partial charge >= 0.3 is 0 Å². The van der Waals surface area contributed by atoms with Gasteiger partial charge in [0.1, 0.15) is 6.04 Å². The van der Waals surface area contributed by atoms with Crippen LogP contribution in [-0.4, -0.2) is 34.6 Å². The van der Waals surface area contributed by atoms with Gasteiger partial charge < -0.3 is 0 Å². The topological polar surface area (TPSA) is 83.6 Å². The number of carbonyl (C=O) groups is 4. The molecule has 2 aliphatic rings. The van der Waals surface area contributed by atoms with Crippen LogP contribution < -0.4 is 5.32 Å². The molecule has 6 nitrogen and oxygen atoms in total. The number of carbonyl (C=O) groups excluding carboxylic acids is 4. The molecule has 1 fully saturated rings. The lowest BCUT2D eigenvalue weighted by Crippen LogP contribution is -2.54. The maximum Gasteiger partial charge on any atom is 0.262 e. The Bertz CT molecular complexity index is 586. The van der Waals surface area contributed by atoms with E-state index in [1.807, 2.05) is 0 Å². The molecule has 2 heterocycles. The minimum atomic E-state index is -0.939. The number of nitrogens with zero attached hydrogens (tertiary/aromatic N) is 1. The maximum absolute atomic E-state index is 12.3. The number of allylic oxidation sites excluding steroid dienone is 1. The SMILES string of the molecule is C=CC1=C(/C=C\C)C(=O)N([C@@H]2CCC(=O)NC2=O)C1=O. The van der Waals surface area contributed by atoms with Crippen LogP contribution in [0.2, 0.25) is 0 Å². The summed E-state index contributed by atoms with van der Waals surface area (Å²) in [5.74, 6) is -2.09. The Morgan fingerprint density at radius 1 is 1.20 bits per heavy atom. The Balaban J connectivity index is 2.35. The Labute approximate surface area is 115 Å². The fourth-order valence-corrected chi connectivity index (χ4v) is 2.32. The molecule has 2 aliphatic heterocycles. The van der Waals surface area contributed by atoms with Crippen molar-refractivity contribution >= 4 is 23.6 Å². The van der Waals surface area contributed by atoms with Gasteiger partial charge in [-0.05, 0) is 13.3 Å². The van der Waals surface area contributed by atoms with Gasteiger partial charge in [0.2, 0.25) is 11.8 Å². The molecule has 0 aromatic heterocycles. The van der Waals surface area contributed by atoms with Crippen LogP contribution in [0.5, 0.6) is 0 Å². The number of rotatable bonds is 3. The van der Waals surface area contributed by atoms with Gasteiger partial charge in [-0.3, -0.25) is 29.4 Å². The predicted octanol–water partition coefficient (Wildman–Crippen LogP) is 0.219. The van der Waals surface area contributed by atoms with Crippen LogP contribution in [0.3, 0.4) is 0 Å². The standard InChI is InChI=1S/C14H14N2O4/c1-3-5-9-8(4-2)13(19)16(14(9)20)10-6-7-11(17)15-12(10)18/h3-5,10H,2,6-7H2,1H3,(H,15,17,18)/b5-3-/t10-/m1/s1. The lowest BCUT2D eigenvalue weighted by atomic mass is 10.0. The Morgan fingerprint density at radius 3 is 2.40 bits per heavy atom. The summed E-state index contributed by atoms with van der Waals surface area (Å²) in [6, 6.07) is -0.939. The molecular weight excluding hydrogens is 260 g/mol. The third-order valence-corrected chi connectivity index (χ3v) is 3.25. The van der Waals surface area contributed by atoms with Crippen LogP contribution in [0, 0.1) is 0 Å². The first-order valence-electron chi connectivity index (χ1n) is 6.22. The average molecular weight is 274 g/mol. The number of nitrogens with one attached hydrogen (secondary N) is 1. The minimum absolute atomic E-state index is 0.107. The highest BCUT2D eigenvalue weighted by Gasteiger charge is 2.44. The van der Waals surface area contributed by atoms with Crippen molar-refractivity contribution in [2.45, 2.75) is 25.8 Å². The van der Waals surface area contributed by atoms with E-state index < -0.39 is 29.7 Å². The van der Waals surface area contributed by atoms with E-state index in [-0.39, 0.29) is 24.0 Å². The highest BCUT2D eigenvalue weighted by atomic mass is 16.2. The molecule has 1 saturated heterocycles. The lowest BCUT2D eigenvalue weighted by Gasteiger charge is -2.28. The molecule has 1 N–H and O–H groups in total.